The summed E-state index contributed by atoms with van der Waals surface area (Å²) >= 11 is 0. The van der Waals surface area contributed by atoms with Crippen molar-refractivity contribution in [1.82, 2.24) is 9.78 Å². The van der Waals surface area contributed by atoms with E-state index >= 15 is 0 Å². The maximum absolute atomic E-state index is 4.15. The molecule has 0 saturated heterocycles. The minimum Gasteiger partial charge on any atom is -0.353 e. The summed E-state index contributed by atoms with van der Waals surface area (Å²) in [5.74, 6) is 0. The molecule has 0 unspecified atom stereocenters. The molecule has 3 N–H and O–H groups in total. The van der Waals surface area contributed by atoms with Crippen molar-refractivity contribution in [3.8, 4) is 0 Å². The fourth-order valence-electron chi connectivity index (χ4n) is 0.908. The molecule has 0 spiro atoms. The van der Waals surface area contributed by atoms with Crippen molar-refractivity contribution in [3.05, 3.63) is 18.5 Å². The lowest BCUT2D eigenvalue weighted by atomic mass is 9.87. The van der Waals surface area contributed by atoms with Crippen LogP contribution in [-0.2, 0) is 6.54 Å². The van der Waals surface area contributed by atoms with Crippen molar-refractivity contribution < 1.29 is 5.73 Å². The van der Waals surface area contributed by atoms with Gasteiger partial charge in [-0.2, -0.15) is 5.10 Å². The van der Waals surface area contributed by atoms with Gasteiger partial charge in [0, 0.05) is 17.8 Å². The Morgan fingerprint density at radius 3 is 2.58 bits per heavy atom. The van der Waals surface area contributed by atoms with Gasteiger partial charge in [0.1, 0.15) is 6.04 Å². The molecule has 0 fully saturated rings. The van der Waals surface area contributed by atoms with E-state index in [-0.39, 0.29) is 5.41 Å². The molecule has 1 rings (SSSR count). The van der Waals surface area contributed by atoms with Crippen molar-refractivity contribution in [3.63, 3.8) is 0 Å². The summed E-state index contributed by atoms with van der Waals surface area (Å²) in [6, 6.07) is 2.34. The summed E-state index contributed by atoms with van der Waals surface area (Å²) in [6.07, 6.45) is 3.78. The molecule has 1 atom stereocenters. The van der Waals surface area contributed by atoms with Gasteiger partial charge in [-0.1, -0.05) is 20.8 Å². The molecular weight excluding hydrogens is 150 g/mol. The molecule has 68 valence electrons. The van der Waals surface area contributed by atoms with E-state index in [0.29, 0.717) is 6.04 Å². The number of quaternary nitrogens is 1. The first-order valence-corrected chi connectivity index (χ1v) is 4.30. The molecule has 0 amide bonds. The Hall–Kier alpha value is -0.830. The predicted octanol–water partition coefficient (Wildman–Crippen LogP) is 0.540. The molecule has 12 heavy (non-hydrogen) atoms. The normalized spacial score (nSPS) is 14.7. The van der Waals surface area contributed by atoms with Gasteiger partial charge in [-0.15, -0.1) is 0 Å². The SMILES string of the molecule is CC(C)(C)[C@H]([NH3+])Cn1cccn1. The molecule has 0 aliphatic heterocycles. The van der Waals surface area contributed by atoms with Crippen LogP contribution >= 0.6 is 0 Å². The predicted molar refractivity (Wildman–Crippen MR) is 48.4 cm³/mol. The molecule has 0 bridgehead atoms. The third-order valence-electron chi connectivity index (χ3n) is 2.19. The van der Waals surface area contributed by atoms with Crippen molar-refractivity contribution in [2.45, 2.75) is 33.4 Å². The van der Waals surface area contributed by atoms with Crippen LogP contribution in [0.4, 0.5) is 0 Å². The molecule has 0 aliphatic carbocycles. The zero-order valence-electron chi connectivity index (χ0n) is 8.12. The standard InChI is InChI=1S/C9H17N3/c1-9(2,3)8(10)7-12-6-4-5-11-12/h4-6,8H,7,10H2,1-3H3/p+1/t8-/m1/s1. The monoisotopic (exact) mass is 168 g/mol. The molecule has 0 saturated carbocycles. The van der Waals surface area contributed by atoms with E-state index in [1.165, 1.54) is 0 Å². The highest BCUT2D eigenvalue weighted by Crippen LogP contribution is 2.16. The Balaban J connectivity index is 2.53. The van der Waals surface area contributed by atoms with Crippen LogP contribution in [0.3, 0.4) is 0 Å². The zero-order valence-corrected chi connectivity index (χ0v) is 8.12. The average Bonchev–Trinajstić information content (AvgIpc) is 2.37. The van der Waals surface area contributed by atoms with E-state index in [4.69, 9.17) is 0 Å². The Labute approximate surface area is 73.6 Å². The van der Waals surface area contributed by atoms with Crippen LogP contribution < -0.4 is 5.73 Å². The Bertz CT molecular complexity index is 220. The molecule has 0 aliphatic rings. The molecule has 0 aromatic carbocycles. The molecule has 3 nitrogen and oxygen atoms in total. The maximum Gasteiger partial charge on any atom is 0.109 e. The van der Waals surface area contributed by atoms with Gasteiger partial charge < -0.3 is 5.73 Å². The highest BCUT2D eigenvalue weighted by Gasteiger charge is 2.24. The van der Waals surface area contributed by atoms with Crippen LogP contribution in [0.5, 0.6) is 0 Å². The summed E-state index contributed by atoms with van der Waals surface area (Å²) in [7, 11) is 0. The fourth-order valence-corrected chi connectivity index (χ4v) is 0.908. The van der Waals surface area contributed by atoms with Crippen LogP contribution in [0.1, 0.15) is 20.8 Å². The maximum atomic E-state index is 4.15. The first kappa shape index (κ1) is 9.26. The Kier molecular flexibility index (Phi) is 2.52. The van der Waals surface area contributed by atoms with Gasteiger partial charge in [-0.05, 0) is 6.07 Å². The number of hydrogen-bond acceptors (Lipinski definition) is 1. The largest absolute Gasteiger partial charge is 0.353 e. The molecule has 0 radical (unpaired) electrons. The first-order valence-electron chi connectivity index (χ1n) is 4.30. The minimum absolute atomic E-state index is 0.256. The lowest BCUT2D eigenvalue weighted by Gasteiger charge is -2.23. The Morgan fingerprint density at radius 1 is 1.50 bits per heavy atom. The van der Waals surface area contributed by atoms with Gasteiger partial charge in [-0.25, -0.2) is 0 Å². The topological polar surface area (TPSA) is 45.5 Å². The highest BCUT2D eigenvalue weighted by molar-refractivity contribution is 4.80. The summed E-state index contributed by atoms with van der Waals surface area (Å²) in [6.45, 7) is 7.51. The second-order valence-corrected chi connectivity index (χ2v) is 4.29. The third-order valence-corrected chi connectivity index (χ3v) is 2.19. The van der Waals surface area contributed by atoms with E-state index in [9.17, 15) is 0 Å². The zero-order chi connectivity index (χ0) is 9.19. The van der Waals surface area contributed by atoms with Gasteiger partial charge in [0.15, 0.2) is 0 Å². The molecule has 1 aromatic rings. The number of aromatic nitrogens is 2. The fraction of sp³-hybridized carbons (Fsp3) is 0.667. The average molecular weight is 168 g/mol. The van der Waals surface area contributed by atoms with Crippen LogP contribution in [0, 0.1) is 5.41 Å². The van der Waals surface area contributed by atoms with Crippen molar-refractivity contribution in [1.29, 1.82) is 0 Å². The lowest BCUT2D eigenvalue weighted by Crippen LogP contribution is -2.68. The van der Waals surface area contributed by atoms with E-state index in [0.717, 1.165) is 6.54 Å². The van der Waals surface area contributed by atoms with E-state index in [2.05, 4.69) is 31.6 Å². The quantitative estimate of drug-likeness (QED) is 0.688. The van der Waals surface area contributed by atoms with Gasteiger partial charge >= 0.3 is 0 Å². The van der Waals surface area contributed by atoms with Crippen LogP contribution in [0.2, 0.25) is 0 Å². The molecule has 1 aromatic heterocycles. The second kappa shape index (κ2) is 3.27. The van der Waals surface area contributed by atoms with Gasteiger partial charge in [-0.3, -0.25) is 4.68 Å². The summed E-state index contributed by atoms with van der Waals surface area (Å²) in [5.41, 5.74) is 4.38. The van der Waals surface area contributed by atoms with Gasteiger partial charge in [0.2, 0.25) is 0 Å². The first-order chi connectivity index (χ1) is 5.50. The highest BCUT2D eigenvalue weighted by atomic mass is 15.3. The number of nitrogens with zero attached hydrogens (tertiary/aromatic N) is 2. The second-order valence-electron chi connectivity index (χ2n) is 4.29. The van der Waals surface area contributed by atoms with Gasteiger partial charge in [0.25, 0.3) is 0 Å². The van der Waals surface area contributed by atoms with Crippen LogP contribution in [-0.4, -0.2) is 15.8 Å². The molecule has 3 heteroatoms. The Morgan fingerprint density at radius 2 is 2.17 bits per heavy atom. The van der Waals surface area contributed by atoms with Gasteiger partial charge in [0.05, 0.1) is 6.54 Å². The molecular formula is C9H18N3+. The van der Waals surface area contributed by atoms with E-state index in [1.807, 2.05) is 16.9 Å². The lowest BCUT2D eigenvalue weighted by molar-refractivity contribution is -0.446. The van der Waals surface area contributed by atoms with Crippen molar-refractivity contribution >= 4 is 0 Å². The van der Waals surface area contributed by atoms with Crippen LogP contribution in [0.25, 0.3) is 0 Å². The number of hydrogen-bond donors (Lipinski definition) is 1. The summed E-state index contributed by atoms with van der Waals surface area (Å²) < 4.78 is 1.93. The van der Waals surface area contributed by atoms with Crippen molar-refractivity contribution in [2.24, 2.45) is 5.41 Å². The third kappa shape index (κ3) is 2.34. The van der Waals surface area contributed by atoms with Crippen LogP contribution in [0.15, 0.2) is 18.5 Å². The summed E-state index contributed by atoms with van der Waals surface area (Å²) in [5, 5.41) is 4.15. The van der Waals surface area contributed by atoms with Crippen molar-refractivity contribution in [2.75, 3.05) is 0 Å². The molecule has 1 heterocycles. The minimum atomic E-state index is 0.256. The number of rotatable bonds is 2. The van der Waals surface area contributed by atoms with E-state index in [1.54, 1.807) is 6.20 Å². The summed E-state index contributed by atoms with van der Waals surface area (Å²) in [4.78, 5) is 0. The van der Waals surface area contributed by atoms with E-state index < -0.39 is 0 Å². The smallest absolute Gasteiger partial charge is 0.109 e.